The van der Waals surface area contributed by atoms with Crippen molar-refractivity contribution >= 4 is 0 Å². The van der Waals surface area contributed by atoms with Gasteiger partial charge in [-0.1, -0.05) is 11.2 Å². The van der Waals surface area contributed by atoms with Crippen LogP contribution < -0.4 is 0 Å². The van der Waals surface area contributed by atoms with Crippen molar-refractivity contribution in [1.82, 2.24) is 15.0 Å². The molecule has 6 nitrogen and oxygen atoms in total. The smallest absolute Gasteiger partial charge is 0.138 e. The highest BCUT2D eigenvalue weighted by Gasteiger charge is 2.47. The van der Waals surface area contributed by atoms with Crippen LogP contribution in [0.1, 0.15) is 41.2 Å². The maximum Gasteiger partial charge on any atom is 0.138 e. The van der Waals surface area contributed by atoms with Crippen molar-refractivity contribution in [3.05, 3.63) is 46.6 Å². The first-order valence-electron chi connectivity index (χ1n) is 9.35. The Morgan fingerprint density at radius 3 is 2.85 bits per heavy atom. The number of hydrogen-bond donors (Lipinski definition) is 0. The van der Waals surface area contributed by atoms with Crippen molar-refractivity contribution in [2.45, 2.75) is 58.5 Å². The summed E-state index contributed by atoms with van der Waals surface area (Å²) in [7, 11) is 0. The fourth-order valence-electron chi connectivity index (χ4n) is 4.06. The number of rotatable bonds is 5. The zero-order valence-electron chi connectivity index (χ0n) is 15.8. The number of pyridine rings is 1. The van der Waals surface area contributed by atoms with E-state index in [0.29, 0.717) is 6.61 Å². The lowest BCUT2D eigenvalue weighted by Crippen LogP contribution is -2.65. The second-order valence-corrected chi connectivity index (χ2v) is 7.68. The molecule has 4 rings (SSSR count). The molecule has 2 fully saturated rings. The summed E-state index contributed by atoms with van der Waals surface area (Å²) in [5.41, 5.74) is 4.17. The van der Waals surface area contributed by atoms with Gasteiger partial charge >= 0.3 is 0 Å². The van der Waals surface area contributed by atoms with Gasteiger partial charge in [0.05, 0.1) is 29.7 Å². The highest BCUT2D eigenvalue weighted by atomic mass is 16.5. The van der Waals surface area contributed by atoms with Crippen molar-refractivity contribution in [2.75, 3.05) is 19.7 Å². The van der Waals surface area contributed by atoms with E-state index >= 15 is 0 Å². The van der Waals surface area contributed by atoms with Crippen LogP contribution in [-0.4, -0.2) is 46.4 Å². The zero-order chi connectivity index (χ0) is 18.1. The van der Waals surface area contributed by atoms with E-state index in [0.717, 1.165) is 61.9 Å². The molecule has 2 aliphatic rings. The van der Waals surface area contributed by atoms with Crippen LogP contribution in [0, 0.1) is 20.8 Å². The van der Waals surface area contributed by atoms with Gasteiger partial charge in [0.1, 0.15) is 5.76 Å². The normalized spacial score (nSPS) is 22.5. The fraction of sp³-hybridized carbons (Fsp3) is 0.600. The number of ether oxygens (including phenoxy) is 2. The van der Waals surface area contributed by atoms with E-state index in [2.05, 4.69) is 15.0 Å². The van der Waals surface area contributed by atoms with Crippen molar-refractivity contribution in [1.29, 1.82) is 0 Å². The molecule has 0 amide bonds. The summed E-state index contributed by atoms with van der Waals surface area (Å²) in [4.78, 5) is 6.92. The van der Waals surface area contributed by atoms with Crippen molar-refractivity contribution in [3.8, 4) is 0 Å². The molecular formula is C20H27N3O3. The van der Waals surface area contributed by atoms with Gasteiger partial charge in [-0.3, -0.25) is 9.88 Å². The Bertz CT molecular complexity index is 748. The first kappa shape index (κ1) is 17.6. The van der Waals surface area contributed by atoms with Crippen LogP contribution in [0.4, 0.5) is 0 Å². The molecule has 0 bridgehead atoms. The molecule has 4 heterocycles. The highest BCUT2D eigenvalue weighted by Crippen LogP contribution is 2.36. The van der Waals surface area contributed by atoms with Gasteiger partial charge in [-0.15, -0.1) is 0 Å². The monoisotopic (exact) mass is 357 g/mol. The molecule has 26 heavy (non-hydrogen) atoms. The minimum atomic E-state index is -0.0536. The standard InChI is InChI=1S/C20H27N3O3/c1-14-5-4-6-17(21-14)11-24-18-7-8-25-20(9-18)12-23(13-20)10-19-15(2)22-26-16(19)3/h4-6,18H,7-13H2,1-3H3. The third kappa shape index (κ3) is 3.68. The molecule has 0 radical (unpaired) electrons. The lowest BCUT2D eigenvalue weighted by atomic mass is 9.84. The Morgan fingerprint density at radius 2 is 2.12 bits per heavy atom. The summed E-state index contributed by atoms with van der Waals surface area (Å²) in [6, 6.07) is 6.07. The van der Waals surface area contributed by atoms with Crippen LogP contribution in [0.2, 0.25) is 0 Å². The van der Waals surface area contributed by atoms with Crippen LogP contribution in [0.5, 0.6) is 0 Å². The molecule has 0 aliphatic carbocycles. The second kappa shape index (κ2) is 7.10. The van der Waals surface area contributed by atoms with Crippen LogP contribution >= 0.6 is 0 Å². The molecule has 1 spiro atoms. The maximum atomic E-state index is 6.15. The third-order valence-electron chi connectivity index (χ3n) is 5.45. The Morgan fingerprint density at radius 1 is 1.27 bits per heavy atom. The Labute approximate surface area is 154 Å². The van der Waals surface area contributed by atoms with Crippen molar-refractivity contribution in [3.63, 3.8) is 0 Å². The summed E-state index contributed by atoms with van der Waals surface area (Å²) in [5.74, 6) is 0.917. The van der Waals surface area contributed by atoms with Crippen LogP contribution in [0.15, 0.2) is 22.7 Å². The minimum Gasteiger partial charge on any atom is -0.372 e. The molecule has 0 saturated carbocycles. The number of nitrogens with zero attached hydrogens (tertiary/aromatic N) is 3. The number of hydrogen-bond acceptors (Lipinski definition) is 6. The van der Waals surface area contributed by atoms with Gasteiger partial charge in [-0.2, -0.15) is 0 Å². The summed E-state index contributed by atoms with van der Waals surface area (Å²) in [5, 5.41) is 4.04. The molecule has 1 unspecified atom stereocenters. The molecule has 2 aromatic rings. The molecule has 2 aromatic heterocycles. The Balaban J connectivity index is 1.29. The van der Waals surface area contributed by atoms with Gasteiger partial charge in [0.15, 0.2) is 0 Å². The zero-order valence-corrected chi connectivity index (χ0v) is 15.8. The number of likely N-dealkylation sites (tertiary alicyclic amines) is 1. The summed E-state index contributed by atoms with van der Waals surface area (Å²) in [6.45, 7) is 10.1. The first-order chi connectivity index (χ1) is 12.5. The average Bonchev–Trinajstić information content (AvgIpc) is 2.91. The molecule has 0 aromatic carbocycles. The summed E-state index contributed by atoms with van der Waals surface area (Å²) < 4.78 is 17.6. The molecule has 2 saturated heterocycles. The van der Waals surface area contributed by atoms with Crippen LogP contribution in [0.25, 0.3) is 0 Å². The lowest BCUT2D eigenvalue weighted by molar-refractivity contribution is -0.200. The van der Waals surface area contributed by atoms with E-state index in [1.165, 1.54) is 5.56 Å². The Hall–Kier alpha value is -1.76. The molecule has 1 atom stereocenters. The molecule has 140 valence electrons. The predicted octanol–water partition coefficient (Wildman–Crippen LogP) is 2.95. The van der Waals surface area contributed by atoms with Crippen LogP contribution in [0.3, 0.4) is 0 Å². The SMILES string of the molecule is Cc1cccc(COC2CCOC3(C2)CN(Cc2c(C)noc2C)C3)n1. The summed E-state index contributed by atoms with van der Waals surface area (Å²) >= 11 is 0. The Kier molecular flexibility index (Phi) is 4.82. The fourth-order valence-corrected chi connectivity index (χ4v) is 4.06. The minimum absolute atomic E-state index is 0.0536. The number of aryl methyl sites for hydroxylation is 3. The second-order valence-electron chi connectivity index (χ2n) is 7.68. The maximum absolute atomic E-state index is 6.15. The quantitative estimate of drug-likeness (QED) is 0.820. The predicted molar refractivity (Wildman–Crippen MR) is 96.7 cm³/mol. The van der Waals surface area contributed by atoms with E-state index in [9.17, 15) is 0 Å². The van der Waals surface area contributed by atoms with Crippen molar-refractivity contribution < 1.29 is 14.0 Å². The van der Waals surface area contributed by atoms with E-state index < -0.39 is 0 Å². The van der Waals surface area contributed by atoms with Crippen LogP contribution in [-0.2, 0) is 22.6 Å². The first-order valence-corrected chi connectivity index (χ1v) is 9.35. The van der Waals surface area contributed by atoms with Gasteiger partial charge in [0.25, 0.3) is 0 Å². The molecule has 6 heteroatoms. The topological polar surface area (TPSA) is 60.6 Å². The third-order valence-corrected chi connectivity index (χ3v) is 5.45. The van der Waals surface area contributed by atoms with E-state index in [-0.39, 0.29) is 11.7 Å². The molecule has 0 N–H and O–H groups in total. The van der Waals surface area contributed by atoms with E-state index in [1.54, 1.807) is 0 Å². The lowest BCUT2D eigenvalue weighted by Gasteiger charge is -2.53. The van der Waals surface area contributed by atoms with Gasteiger partial charge in [-0.05, 0) is 39.3 Å². The largest absolute Gasteiger partial charge is 0.372 e. The molecule has 2 aliphatic heterocycles. The number of aromatic nitrogens is 2. The van der Waals surface area contributed by atoms with E-state index in [1.807, 2.05) is 39.0 Å². The van der Waals surface area contributed by atoms with Gasteiger partial charge in [0.2, 0.25) is 0 Å². The van der Waals surface area contributed by atoms with E-state index in [4.69, 9.17) is 14.0 Å². The van der Waals surface area contributed by atoms with Gasteiger partial charge in [0, 0.05) is 43.9 Å². The molecular weight excluding hydrogens is 330 g/mol. The summed E-state index contributed by atoms with van der Waals surface area (Å²) in [6.07, 6.45) is 2.15. The average molecular weight is 357 g/mol. The highest BCUT2D eigenvalue weighted by molar-refractivity contribution is 5.21. The van der Waals surface area contributed by atoms with Gasteiger partial charge in [-0.25, -0.2) is 0 Å². The van der Waals surface area contributed by atoms with Crippen molar-refractivity contribution in [2.24, 2.45) is 0 Å². The van der Waals surface area contributed by atoms with Gasteiger partial charge < -0.3 is 14.0 Å².